The number of unbranched alkanes of at least 4 members (excludes halogenated alkanes) is 23. The number of rotatable bonds is 31. The first-order chi connectivity index (χ1) is 17.7. The monoisotopic (exact) mass is 526 g/mol. The molecule has 0 unspecified atom stereocenters. The molecule has 36 heavy (non-hydrogen) atoms. The highest BCUT2D eigenvalue weighted by atomic mass is 31.2. The second kappa shape index (κ2) is 30.0. The van der Waals surface area contributed by atoms with Gasteiger partial charge in [-0.1, -0.05) is 150 Å². The second-order valence-corrected chi connectivity index (χ2v) is 16.8. The minimum atomic E-state index is -0.703. The summed E-state index contributed by atoms with van der Waals surface area (Å²) in [7, 11) is -0.703. The van der Waals surface area contributed by atoms with Gasteiger partial charge >= 0.3 is 0 Å². The minimum absolute atomic E-state index is 0.703. The van der Waals surface area contributed by atoms with Crippen LogP contribution in [0.5, 0.6) is 0 Å². The Morgan fingerprint density at radius 3 is 0.611 bits per heavy atom. The maximum Gasteiger partial charge on any atom is 0.0594 e. The maximum atomic E-state index is 2.37. The Labute approximate surface area is 232 Å². The van der Waals surface area contributed by atoms with E-state index in [4.69, 9.17) is 0 Å². The molecule has 0 radical (unpaired) electrons. The lowest BCUT2D eigenvalue weighted by Crippen LogP contribution is -2.13. The zero-order chi connectivity index (χ0) is 26.4. The SMILES string of the molecule is CCCCCCCCCCCCCCCCC[P+](CCCCCC)(CCCCCC)CCCCCC. The van der Waals surface area contributed by atoms with Crippen LogP contribution in [0.2, 0.25) is 0 Å². The molecule has 0 N–H and O–H groups in total. The molecule has 0 amide bonds. The molecule has 0 aromatic heterocycles. The van der Waals surface area contributed by atoms with Crippen LogP contribution in [0.3, 0.4) is 0 Å². The molecule has 0 rings (SSSR count). The molecule has 0 atom stereocenters. The normalized spacial score (nSPS) is 12.0. The molecular weight excluding hydrogens is 451 g/mol. The summed E-state index contributed by atoms with van der Waals surface area (Å²) in [4.78, 5) is 0. The first-order valence-corrected chi connectivity index (χ1v) is 20.1. The summed E-state index contributed by atoms with van der Waals surface area (Å²) < 4.78 is 0. The van der Waals surface area contributed by atoms with Gasteiger partial charge in [-0.2, -0.15) is 0 Å². The fourth-order valence-electron chi connectivity index (χ4n) is 6.11. The molecule has 0 saturated heterocycles. The van der Waals surface area contributed by atoms with Gasteiger partial charge in [-0.05, 0) is 51.4 Å². The summed E-state index contributed by atoms with van der Waals surface area (Å²) in [5.74, 6) is 0. The Morgan fingerprint density at radius 1 is 0.222 bits per heavy atom. The Hall–Kier alpha value is 0.430. The van der Waals surface area contributed by atoms with Gasteiger partial charge < -0.3 is 0 Å². The zero-order valence-corrected chi connectivity index (χ0v) is 27.3. The molecular formula is C35H74P+. The summed E-state index contributed by atoms with van der Waals surface area (Å²) in [6, 6.07) is 0. The van der Waals surface area contributed by atoms with Crippen LogP contribution in [-0.2, 0) is 0 Å². The molecule has 0 aliphatic carbocycles. The molecule has 218 valence electrons. The highest BCUT2D eigenvalue weighted by Crippen LogP contribution is 2.61. The van der Waals surface area contributed by atoms with Crippen molar-refractivity contribution < 1.29 is 0 Å². The highest BCUT2D eigenvalue weighted by molar-refractivity contribution is 7.75. The van der Waals surface area contributed by atoms with Crippen LogP contribution in [0.25, 0.3) is 0 Å². The Morgan fingerprint density at radius 2 is 0.389 bits per heavy atom. The number of hydrogen-bond acceptors (Lipinski definition) is 0. The van der Waals surface area contributed by atoms with Gasteiger partial charge in [-0.25, -0.2) is 0 Å². The van der Waals surface area contributed by atoms with Gasteiger partial charge in [0.15, 0.2) is 0 Å². The van der Waals surface area contributed by atoms with Crippen molar-refractivity contribution in [3.8, 4) is 0 Å². The third-order valence-electron chi connectivity index (χ3n) is 8.69. The summed E-state index contributed by atoms with van der Waals surface area (Å²) >= 11 is 0. The fraction of sp³-hybridized carbons (Fsp3) is 1.00. The fourth-order valence-corrected chi connectivity index (χ4v) is 11.0. The van der Waals surface area contributed by atoms with Gasteiger partial charge in [0, 0.05) is 7.26 Å². The van der Waals surface area contributed by atoms with Gasteiger partial charge in [-0.15, -0.1) is 0 Å². The van der Waals surface area contributed by atoms with Crippen LogP contribution in [0.4, 0.5) is 0 Å². The quantitative estimate of drug-likeness (QED) is 0.0623. The van der Waals surface area contributed by atoms with Gasteiger partial charge in [0.1, 0.15) is 0 Å². The highest BCUT2D eigenvalue weighted by Gasteiger charge is 2.34. The summed E-state index contributed by atoms with van der Waals surface area (Å²) in [6.07, 6.45) is 46.6. The Balaban J connectivity index is 4.18. The zero-order valence-electron chi connectivity index (χ0n) is 26.4. The predicted octanol–water partition coefficient (Wildman–Crippen LogP) is 13.6. The van der Waals surface area contributed by atoms with Gasteiger partial charge in [-0.3, -0.25) is 0 Å². The van der Waals surface area contributed by atoms with Crippen LogP contribution in [0.15, 0.2) is 0 Å². The van der Waals surface area contributed by atoms with E-state index >= 15 is 0 Å². The van der Waals surface area contributed by atoms with Crippen molar-refractivity contribution >= 4 is 7.26 Å². The van der Waals surface area contributed by atoms with Crippen LogP contribution >= 0.6 is 7.26 Å². The van der Waals surface area contributed by atoms with E-state index in [9.17, 15) is 0 Å². The molecule has 0 fully saturated rings. The molecule has 0 nitrogen and oxygen atoms in total. The lowest BCUT2D eigenvalue weighted by molar-refractivity contribution is 0.534. The van der Waals surface area contributed by atoms with E-state index in [2.05, 4.69) is 27.7 Å². The van der Waals surface area contributed by atoms with Gasteiger partial charge in [0.05, 0.1) is 24.6 Å². The van der Waals surface area contributed by atoms with E-state index in [0.29, 0.717) is 0 Å². The molecule has 0 saturated carbocycles. The standard InChI is InChI=1S/C35H74P/c1-5-9-13-17-18-19-20-21-22-23-24-25-26-27-31-35-36(32-28-14-10-6-2,33-29-15-11-7-3)34-30-16-12-8-4/h5-35H2,1-4H3/q+1. The maximum absolute atomic E-state index is 2.37. The molecule has 0 aliphatic rings. The lowest BCUT2D eigenvalue weighted by Gasteiger charge is -2.28. The summed E-state index contributed by atoms with van der Waals surface area (Å²) in [5.41, 5.74) is 0. The molecule has 0 bridgehead atoms. The van der Waals surface area contributed by atoms with Crippen molar-refractivity contribution in [2.75, 3.05) is 24.6 Å². The van der Waals surface area contributed by atoms with Crippen molar-refractivity contribution in [2.24, 2.45) is 0 Å². The van der Waals surface area contributed by atoms with Gasteiger partial charge in [0.25, 0.3) is 0 Å². The Bertz CT molecular complexity index is 359. The molecule has 1 heteroatoms. The second-order valence-electron chi connectivity index (χ2n) is 12.4. The topological polar surface area (TPSA) is 0 Å². The molecule has 0 heterocycles. The van der Waals surface area contributed by atoms with E-state index < -0.39 is 7.26 Å². The van der Waals surface area contributed by atoms with Crippen molar-refractivity contribution in [3.05, 3.63) is 0 Å². The molecule has 0 aliphatic heterocycles. The van der Waals surface area contributed by atoms with E-state index in [-0.39, 0.29) is 0 Å². The van der Waals surface area contributed by atoms with Crippen molar-refractivity contribution in [3.63, 3.8) is 0 Å². The first-order valence-electron chi connectivity index (χ1n) is 17.6. The van der Waals surface area contributed by atoms with Crippen LogP contribution in [0, 0.1) is 0 Å². The molecule has 0 aromatic carbocycles. The summed E-state index contributed by atoms with van der Waals surface area (Å²) in [5, 5.41) is 0. The average molecular weight is 526 g/mol. The first kappa shape index (κ1) is 36.4. The Kier molecular flexibility index (Phi) is 30.3. The molecule has 0 aromatic rings. The smallest absolute Gasteiger partial charge is 0.0594 e. The van der Waals surface area contributed by atoms with Crippen molar-refractivity contribution in [1.29, 1.82) is 0 Å². The molecule has 0 spiro atoms. The minimum Gasteiger partial charge on any atom is -0.0654 e. The lowest BCUT2D eigenvalue weighted by atomic mass is 10.0. The third-order valence-corrected chi connectivity index (χ3v) is 13.8. The van der Waals surface area contributed by atoms with Crippen LogP contribution < -0.4 is 0 Å². The summed E-state index contributed by atoms with van der Waals surface area (Å²) in [6.45, 7) is 9.42. The number of hydrogen-bond donors (Lipinski definition) is 0. The largest absolute Gasteiger partial charge is 0.0654 e. The predicted molar refractivity (Wildman–Crippen MR) is 174 cm³/mol. The van der Waals surface area contributed by atoms with Crippen molar-refractivity contribution in [1.82, 2.24) is 0 Å². The third kappa shape index (κ3) is 24.7. The van der Waals surface area contributed by atoms with E-state index in [1.54, 1.807) is 50.3 Å². The van der Waals surface area contributed by atoms with Gasteiger partial charge in [0.2, 0.25) is 0 Å². The van der Waals surface area contributed by atoms with E-state index in [1.165, 1.54) is 148 Å². The van der Waals surface area contributed by atoms with E-state index in [1.807, 2.05) is 0 Å². The van der Waals surface area contributed by atoms with E-state index in [0.717, 1.165) is 0 Å². The van der Waals surface area contributed by atoms with Crippen LogP contribution in [0.1, 0.15) is 201 Å². The van der Waals surface area contributed by atoms with Crippen LogP contribution in [-0.4, -0.2) is 24.6 Å². The average Bonchev–Trinajstić information content (AvgIpc) is 2.89. The van der Waals surface area contributed by atoms with Crippen molar-refractivity contribution in [2.45, 2.75) is 201 Å².